The first-order valence-electron chi connectivity index (χ1n) is 24.3. The molecular weight excluding hydrogens is 848 g/mol. The van der Waals surface area contributed by atoms with Crippen LogP contribution in [0.15, 0.2) is 160 Å². The lowest BCUT2D eigenvalue weighted by molar-refractivity contribution is 0.332. The molecule has 0 radical (unpaired) electrons. The number of ether oxygens (including phenoxy) is 1. The molecule has 0 atom stereocenters. The van der Waals surface area contributed by atoms with Crippen LogP contribution >= 0.6 is 11.8 Å². The molecule has 8 aromatic carbocycles. The van der Waals surface area contributed by atoms with E-state index in [1.54, 1.807) is 11.8 Å². The van der Waals surface area contributed by atoms with Crippen LogP contribution in [0.3, 0.4) is 0 Å². The van der Waals surface area contributed by atoms with Gasteiger partial charge in [-0.25, -0.2) is 0 Å². The summed E-state index contributed by atoms with van der Waals surface area (Å²) in [6.07, 6.45) is 2.31. The van der Waals surface area contributed by atoms with E-state index in [1.165, 1.54) is 73.2 Å². The van der Waals surface area contributed by atoms with Gasteiger partial charge in [0.2, 0.25) is 0 Å². The highest BCUT2D eigenvalue weighted by Gasteiger charge is 2.48. The van der Waals surface area contributed by atoms with Crippen LogP contribution in [0, 0.1) is 13.8 Å². The second-order valence-electron chi connectivity index (χ2n) is 22.1. The van der Waals surface area contributed by atoms with Crippen LogP contribution in [0.1, 0.15) is 89.1 Å². The maximum atomic E-state index is 7.09. The number of para-hydroxylation sites is 2. The average Bonchev–Trinajstić information content (AvgIpc) is 3.71. The summed E-state index contributed by atoms with van der Waals surface area (Å²) >= 11 is 1.81. The molecule has 0 N–H and O–H groups in total. The van der Waals surface area contributed by atoms with Crippen LogP contribution in [0.25, 0.3) is 44.2 Å². The summed E-state index contributed by atoms with van der Waals surface area (Å²) in [6, 6.07) is 54.5. The monoisotopic (exact) mass is 902 g/mol. The van der Waals surface area contributed by atoms with Gasteiger partial charge < -0.3 is 18.9 Å². The second-order valence-corrected chi connectivity index (χ2v) is 23.2. The number of hydrogen-bond donors (Lipinski definition) is 0. The van der Waals surface area contributed by atoms with E-state index in [4.69, 9.17) is 9.15 Å². The molecule has 0 fully saturated rings. The van der Waals surface area contributed by atoms with E-state index < -0.39 is 0 Å². The molecule has 1 aromatic heterocycles. The molecule has 4 nitrogen and oxygen atoms in total. The first-order valence-corrected chi connectivity index (χ1v) is 25.1. The van der Waals surface area contributed by atoms with E-state index in [2.05, 4.69) is 218 Å². The van der Waals surface area contributed by atoms with Crippen LogP contribution in [0.5, 0.6) is 11.5 Å². The fourth-order valence-electron chi connectivity index (χ4n) is 11.9. The maximum absolute atomic E-state index is 7.09. The molecule has 9 aromatic rings. The summed E-state index contributed by atoms with van der Waals surface area (Å²) in [4.78, 5) is 7.51. The molecule has 0 amide bonds. The Hall–Kier alpha value is -6.63. The predicted octanol–water partition coefficient (Wildman–Crippen LogP) is 16.5. The number of rotatable bonds is 3. The summed E-state index contributed by atoms with van der Waals surface area (Å²) in [5.74, 6) is 1.78. The quantitative estimate of drug-likeness (QED) is 0.165. The summed E-state index contributed by atoms with van der Waals surface area (Å²) in [5, 5.41) is 2.26. The smallest absolute Gasteiger partial charge is 0.333 e. The van der Waals surface area contributed by atoms with Crippen LogP contribution in [-0.2, 0) is 16.2 Å². The first-order chi connectivity index (χ1) is 32.6. The van der Waals surface area contributed by atoms with Crippen LogP contribution in [0.4, 0.5) is 28.4 Å². The number of benzene rings is 8. The molecule has 68 heavy (non-hydrogen) atoms. The minimum atomic E-state index is -0.208. The normalized spacial score (nSPS) is 16.1. The molecule has 0 saturated carbocycles. The van der Waals surface area contributed by atoms with Gasteiger partial charge >= 0.3 is 6.85 Å². The topological polar surface area (TPSA) is 28.9 Å². The van der Waals surface area contributed by atoms with Crippen molar-refractivity contribution in [1.82, 2.24) is 0 Å². The summed E-state index contributed by atoms with van der Waals surface area (Å²) in [6.45, 7) is 21.1. The lowest BCUT2D eigenvalue weighted by Crippen LogP contribution is -2.61. The van der Waals surface area contributed by atoms with Crippen molar-refractivity contribution >= 4 is 79.9 Å². The van der Waals surface area contributed by atoms with Crippen molar-refractivity contribution < 1.29 is 9.15 Å². The van der Waals surface area contributed by atoms with E-state index in [1.807, 2.05) is 0 Å². The first kappa shape index (κ1) is 41.6. The van der Waals surface area contributed by atoms with Crippen LogP contribution < -0.4 is 25.4 Å². The highest BCUT2D eigenvalue weighted by Crippen LogP contribution is 2.56. The second kappa shape index (κ2) is 14.4. The predicted molar refractivity (Wildman–Crippen MR) is 287 cm³/mol. The molecule has 0 unspecified atom stereocenters. The highest BCUT2D eigenvalue weighted by atomic mass is 32.2. The summed E-state index contributed by atoms with van der Waals surface area (Å²) in [5.41, 5.74) is 21.6. The van der Waals surface area contributed by atoms with Crippen molar-refractivity contribution in [2.24, 2.45) is 0 Å². The van der Waals surface area contributed by atoms with Gasteiger partial charge in [0.25, 0.3) is 0 Å². The zero-order chi connectivity index (χ0) is 46.6. The Bertz CT molecular complexity index is 3620. The molecule has 13 rings (SSSR count). The molecular formula is C62H55BN2O2S. The third kappa shape index (κ3) is 6.08. The average molecular weight is 903 g/mol. The molecule has 0 saturated heterocycles. The SMILES string of the molecule is Cc1cc2c3c(c1)N(c1cc4c(cc1C)C(C)(C)CCC4(C)C)c1cc4c(cc1B3N(c1ccc(C(C)(C)C)cc1-c1ccccc1)c1ccc3c(oc5ccccc53)c1-2)Sc1ccccc1O4. The maximum Gasteiger partial charge on any atom is 0.333 e. The molecule has 334 valence electrons. The Balaban J connectivity index is 1.17. The van der Waals surface area contributed by atoms with Gasteiger partial charge in [0, 0.05) is 56.4 Å². The van der Waals surface area contributed by atoms with E-state index >= 15 is 0 Å². The standard InChI is InChI=1S/C62H55BN2O2S/c1-36-29-43-57-48(26-24-41-40-19-13-14-20-52(40)67-59(41)57)65(47-25-23-39(60(3,4)5)32-42(47)38-17-11-10-12-18-38)63-46-34-56-54(66-53-21-15-16-22-55(53)68-56)35-50(46)64(51(30-36)58(43)63)49-33-45-44(31-37(49)2)61(6,7)27-28-62(45,8)9/h10-26,29-35H,27-28H2,1-9H3. The van der Waals surface area contributed by atoms with Gasteiger partial charge in [0.1, 0.15) is 22.7 Å². The lowest BCUT2D eigenvalue weighted by atomic mass is 9.43. The lowest BCUT2D eigenvalue weighted by Gasteiger charge is -2.47. The molecule has 4 heterocycles. The van der Waals surface area contributed by atoms with E-state index in [0.29, 0.717) is 0 Å². The Morgan fingerprint density at radius 2 is 1.31 bits per heavy atom. The number of anilines is 5. The molecule has 6 heteroatoms. The van der Waals surface area contributed by atoms with E-state index in [0.717, 1.165) is 72.3 Å². The van der Waals surface area contributed by atoms with Gasteiger partial charge in [-0.2, -0.15) is 0 Å². The number of fused-ring (bicyclic) bond motifs is 11. The third-order valence-corrected chi connectivity index (χ3v) is 16.8. The zero-order valence-corrected chi connectivity index (χ0v) is 41.3. The summed E-state index contributed by atoms with van der Waals surface area (Å²) < 4.78 is 14.0. The molecule has 1 aliphatic carbocycles. The van der Waals surface area contributed by atoms with Gasteiger partial charge in [-0.1, -0.05) is 139 Å². The number of nitrogens with zero attached hydrogens (tertiary/aromatic N) is 2. The van der Waals surface area contributed by atoms with Crippen molar-refractivity contribution in [2.45, 2.75) is 101 Å². The third-order valence-electron chi connectivity index (χ3n) is 15.7. The van der Waals surface area contributed by atoms with E-state index in [-0.39, 0.29) is 23.1 Å². The van der Waals surface area contributed by atoms with Gasteiger partial charge in [-0.3, -0.25) is 0 Å². The van der Waals surface area contributed by atoms with Gasteiger partial charge in [0.15, 0.2) is 0 Å². The molecule has 4 aliphatic rings. The van der Waals surface area contributed by atoms with E-state index in [9.17, 15) is 0 Å². The number of aryl methyl sites for hydroxylation is 2. The zero-order valence-electron chi connectivity index (χ0n) is 40.5. The molecule has 0 bridgehead atoms. The highest BCUT2D eigenvalue weighted by molar-refractivity contribution is 7.99. The van der Waals surface area contributed by atoms with Crippen molar-refractivity contribution in [3.8, 4) is 33.8 Å². The van der Waals surface area contributed by atoms with Crippen molar-refractivity contribution in [3.63, 3.8) is 0 Å². The van der Waals surface area contributed by atoms with Gasteiger partial charge in [-0.05, 0) is 153 Å². The van der Waals surface area contributed by atoms with Crippen LogP contribution in [0.2, 0.25) is 0 Å². The van der Waals surface area contributed by atoms with Crippen molar-refractivity contribution in [1.29, 1.82) is 0 Å². The Morgan fingerprint density at radius 3 is 2.10 bits per heavy atom. The van der Waals surface area contributed by atoms with Crippen molar-refractivity contribution in [3.05, 3.63) is 173 Å². The molecule has 0 spiro atoms. The number of furan rings is 1. The molecule has 3 aliphatic heterocycles. The fourth-order valence-corrected chi connectivity index (χ4v) is 12.9. The van der Waals surface area contributed by atoms with Gasteiger partial charge in [-0.15, -0.1) is 0 Å². The van der Waals surface area contributed by atoms with Gasteiger partial charge in [0.05, 0.1) is 9.79 Å². The Labute approximate surface area is 405 Å². The minimum Gasteiger partial charge on any atom is -0.455 e. The Kier molecular flexibility index (Phi) is 8.83. The van der Waals surface area contributed by atoms with Crippen LogP contribution in [-0.4, -0.2) is 6.85 Å². The van der Waals surface area contributed by atoms with Crippen molar-refractivity contribution in [2.75, 3.05) is 9.71 Å². The largest absolute Gasteiger partial charge is 0.455 e. The minimum absolute atomic E-state index is 0.0233. The number of hydrogen-bond acceptors (Lipinski definition) is 5. The summed E-state index contributed by atoms with van der Waals surface area (Å²) in [7, 11) is 0. The fraction of sp³-hybridized carbons (Fsp3) is 0.226. The Morgan fingerprint density at radius 1 is 0.588 bits per heavy atom.